The van der Waals surface area contributed by atoms with Gasteiger partial charge in [-0.15, -0.1) is 0 Å². The second-order valence-electron chi connectivity index (χ2n) is 7.26. The monoisotopic (exact) mass is 396 g/mol. The molecule has 2 aromatic rings. The average molecular weight is 397 g/mol. The van der Waals surface area contributed by atoms with Crippen LogP contribution in [0.15, 0.2) is 47.5 Å². The molecule has 1 heterocycles. The largest absolute Gasteiger partial charge is 0.497 e. The minimum atomic E-state index is 0.140. The molecular weight excluding hydrogens is 364 g/mol. The standard InChI is InChI=1S/C23H32N4O2/c1-17(18-8-7-9-20(14-18)27-12-5-6-13-27)26-23(24-2)25-16-19-10-11-21(28-3)15-22(19)29-4/h7-11,14-15,17H,5-6,12-13,16H2,1-4H3,(H2,24,25,26). The van der Waals surface area contributed by atoms with Crippen molar-refractivity contribution in [3.05, 3.63) is 53.6 Å². The highest BCUT2D eigenvalue weighted by molar-refractivity contribution is 5.80. The van der Waals surface area contributed by atoms with Crippen LogP contribution >= 0.6 is 0 Å². The van der Waals surface area contributed by atoms with Gasteiger partial charge in [0.25, 0.3) is 0 Å². The first kappa shape index (κ1) is 20.8. The van der Waals surface area contributed by atoms with E-state index < -0.39 is 0 Å². The van der Waals surface area contributed by atoms with Crippen molar-refractivity contribution >= 4 is 11.6 Å². The van der Waals surface area contributed by atoms with Crippen LogP contribution in [0.4, 0.5) is 5.69 Å². The lowest BCUT2D eigenvalue weighted by Crippen LogP contribution is -2.38. The van der Waals surface area contributed by atoms with Crippen LogP contribution in [0.2, 0.25) is 0 Å². The van der Waals surface area contributed by atoms with Gasteiger partial charge in [-0.2, -0.15) is 0 Å². The molecule has 0 saturated carbocycles. The number of methoxy groups -OCH3 is 2. The summed E-state index contributed by atoms with van der Waals surface area (Å²) in [5.41, 5.74) is 3.60. The molecule has 6 nitrogen and oxygen atoms in total. The minimum absolute atomic E-state index is 0.140. The van der Waals surface area contributed by atoms with Gasteiger partial charge in [-0.1, -0.05) is 12.1 Å². The lowest BCUT2D eigenvalue weighted by atomic mass is 10.1. The van der Waals surface area contributed by atoms with Crippen molar-refractivity contribution in [2.24, 2.45) is 4.99 Å². The molecule has 156 valence electrons. The smallest absolute Gasteiger partial charge is 0.191 e. The van der Waals surface area contributed by atoms with Crippen molar-refractivity contribution in [2.75, 3.05) is 39.3 Å². The molecule has 0 bridgehead atoms. The van der Waals surface area contributed by atoms with Gasteiger partial charge in [0.1, 0.15) is 11.5 Å². The van der Waals surface area contributed by atoms with E-state index in [1.165, 1.54) is 24.1 Å². The van der Waals surface area contributed by atoms with E-state index in [1.54, 1.807) is 21.3 Å². The molecule has 0 amide bonds. The fourth-order valence-corrected chi connectivity index (χ4v) is 3.63. The molecule has 0 spiro atoms. The van der Waals surface area contributed by atoms with E-state index in [0.29, 0.717) is 6.54 Å². The second-order valence-corrected chi connectivity index (χ2v) is 7.26. The third kappa shape index (κ3) is 5.34. The third-order valence-electron chi connectivity index (χ3n) is 5.36. The maximum absolute atomic E-state index is 5.48. The number of rotatable bonds is 7. The molecular formula is C23H32N4O2. The minimum Gasteiger partial charge on any atom is -0.497 e. The van der Waals surface area contributed by atoms with Gasteiger partial charge in [0.15, 0.2) is 5.96 Å². The topological polar surface area (TPSA) is 58.1 Å². The fraction of sp³-hybridized carbons (Fsp3) is 0.435. The van der Waals surface area contributed by atoms with Crippen LogP contribution in [-0.2, 0) is 6.54 Å². The number of hydrogen-bond donors (Lipinski definition) is 2. The maximum atomic E-state index is 5.48. The Kier molecular flexibility index (Phi) is 7.22. The number of nitrogens with zero attached hydrogens (tertiary/aromatic N) is 2. The van der Waals surface area contributed by atoms with Gasteiger partial charge in [-0.3, -0.25) is 4.99 Å². The summed E-state index contributed by atoms with van der Waals surface area (Å²) in [4.78, 5) is 6.83. The number of aliphatic imine (C=N–C) groups is 1. The first-order valence-corrected chi connectivity index (χ1v) is 10.2. The Bertz CT molecular complexity index is 831. The predicted octanol–water partition coefficient (Wildman–Crippen LogP) is 3.73. The first-order valence-electron chi connectivity index (χ1n) is 10.2. The summed E-state index contributed by atoms with van der Waals surface area (Å²) in [6.45, 7) is 5.06. The maximum Gasteiger partial charge on any atom is 0.191 e. The van der Waals surface area contributed by atoms with Gasteiger partial charge in [0.05, 0.1) is 20.3 Å². The quantitative estimate of drug-likeness (QED) is 0.552. The molecule has 1 saturated heterocycles. The van der Waals surface area contributed by atoms with Gasteiger partial charge in [-0.05, 0) is 49.6 Å². The fourth-order valence-electron chi connectivity index (χ4n) is 3.63. The van der Waals surface area contributed by atoms with Crippen LogP contribution in [0.5, 0.6) is 11.5 Å². The normalized spacial score (nSPS) is 15.2. The summed E-state index contributed by atoms with van der Waals surface area (Å²) in [7, 11) is 5.10. The van der Waals surface area contributed by atoms with Crippen molar-refractivity contribution in [1.29, 1.82) is 0 Å². The molecule has 1 aliphatic heterocycles. The highest BCUT2D eigenvalue weighted by Crippen LogP contribution is 2.25. The zero-order valence-corrected chi connectivity index (χ0v) is 17.9. The van der Waals surface area contributed by atoms with E-state index >= 15 is 0 Å². The number of benzene rings is 2. The Morgan fingerprint density at radius 1 is 1.10 bits per heavy atom. The summed E-state index contributed by atoms with van der Waals surface area (Å²) in [5.74, 6) is 2.32. The summed E-state index contributed by atoms with van der Waals surface area (Å²) >= 11 is 0. The van der Waals surface area contributed by atoms with E-state index in [-0.39, 0.29) is 6.04 Å². The van der Waals surface area contributed by atoms with Crippen molar-refractivity contribution in [3.63, 3.8) is 0 Å². The van der Waals surface area contributed by atoms with Gasteiger partial charge in [-0.25, -0.2) is 0 Å². The van der Waals surface area contributed by atoms with Crippen molar-refractivity contribution in [2.45, 2.75) is 32.4 Å². The van der Waals surface area contributed by atoms with Crippen LogP contribution < -0.4 is 25.0 Å². The Morgan fingerprint density at radius 3 is 2.59 bits per heavy atom. The van der Waals surface area contributed by atoms with E-state index in [0.717, 1.165) is 36.1 Å². The average Bonchev–Trinajstić information content (AvgIpc) is 3.31. The van der Waals surface area contributed by atoms with E-state index in [4.69, 9.17) is 9.47 Å². The van der Waals surface area contributed by atoms with Gasteiger partial charge in [0, 0.05) is 44.0 Å². The summed E-state index contributed by atoms with van der Waals surface area (Å²) in [6.07, 6.45) is 2.56. The van der Waals surface area contributed by atoms with Crippen LogP contribution in [0.25, 0.3) is 0 Å². The Hall–Kier alpha value is -2.89. The van der Waals surface area contributed by atoms with Crippen LogP contribution in [0.1, 0.15) is 36.9 Å². The zero-order chi connectivity index (χ0) is 20.6. The molecule has 2 aromatic carbocycles. The molecule has 1 unspecified atom stereocenters. The second kappa shape index (κ2) is 10.0. The van der Waals surface area contributed by atoms with Crippen LogP contribution in [0.3, 0.4) is 0 Å². The van der Waals surface area contributed by atoms with Gasteiger partial charge < -0.3 is 25.0 Å². The van der Waals surface area contributed by atoms with Crippen LogP contribution in [0, 0.1) is 0 Å². The number of hydrogen-bond acceptors (Lipinski definition) is 4. The predicted molar refractivity (Wildman–Crippen MR) is 119 cm³/mol. The molecule has 0 aliphatic carbocycles. The van der Waals surface area contributed by atoms with E-state index in [1.807, 2.05) is 18.2 Å². The van der Waals surface area contributed by atoms with Crippen LogP contribution in [-0.4, -0.2) is 40.3 Å². The molecule has 6 heteroatoms. The summed E-state index contributed by atoms with van der Waals surface area (Å²) in [5, 5.41) is 6.86. The van der Waals surface area contributed by atoms with Crippen molar-refractivity contribution < 1.29 is 9.47 Å². The molecule has 1 aliphatic rings. The molecule has 0 radical (unpaired) electrons. The number of guanidine groups is 1. The molecule has 0 aromatic heterocycles. The van der Waals surface area contributed by atoms with E-state index in [2.05, 4.69) is 51.7 Å². The Morgan fingerprint density at radius 2 is 1.90 bits per heavy atom. The zero-order valence-electron chi connectivity index (χ0n) is 17.9. The summed E-state index contributed by atoms with van der Waals surface area (Å²) < 4.78 is 10.7. The van der Waals surface area contributed by atoms with Gasteiger partial charge in [0.2, 0.25) is 0 Å². The highest BCUT2D eigenvalue weighted by atomic mass is 16.5. The Balaban J connectivity index is 1.62. The Labute approximate surface area is 173 Å². The molecule has 3 rings (SSSR count). The van der Waals surface area contributed by atoms with E-state index in [9.17, 15) is 0 Å². The number of ether oxygens (including phenoxy) is 2. The summed E-state index contributed by atoms with van der Waals surface area (Å²) in [6, 6.07) is 14.7. The van der Waals surface area contributed by atoms with Crippen molar-refractivity contribution in [1.82, 2.24) is 10.6 Å². The van der Waals surface area contributed by atoms with Gasteiger partial charge >= 0.3 is 0 Å². The molecule has 29 heavy (non-hydrogen) atoms. The molecule has 1 atom stereocenters. The first-order chi connectivity index (χ1) is 14.1. The SMILES string of the molecule is CN=C(NCc1ccc(OC)cc1OC)NC(C)c1cccc(N2CCCC2)c1. The van der Waals surface area contributed by atoms with Crippen molar-refractivity contribution in [3.8, 4) is 11.5 Å². The molecule has 2 N–H and O–H groups in total. The number of anilines is 1. The lowest BCUT2D eigenvalue weighted by Gasteiger charge is -2.22. The highest BCUT2D eigenvalue weighted by Gasteiger charge is 2.15. The third-order valence-corrected chi connectivity index (χ3v) is 5.36. The lowest BCUT2D eigenvalue weighted by molar-refractivity contribution is 0.390. The molecule has 1 fully saturated rings. The number of nitrogens with one attached hydrogen (secondary N) is 2.